The second-order valence-electron chi connectivity index (χ2n) is 6.53. The third-order valence-electron chi connectivity index (χ3n) is 4.13. The van der Waals surface area contributed by atoms with Crippen LogP contribution in [0.1, 0.15) is 15.9 Å². The number of rotatable bonds is 8. The number of benzene rings is 3. The Morgan fingerprint density at radius 1 is 0.971 bits per heavy atom. The van der Waals surface area contributed by atoms with Crippen molar-refractivity contribution in [2.45, 2.75) is 0 Å². The van der Waals surface area contributed by atoms with Crippen molar-refractivity contribution in [1.82, 2.24) is 5.43 Å². The average molecular weight is 656 g/mol. The second kappa shape index (κ2) is 11.9. The van der Waals surface area contributed by atoms with E-state index in [0.717, 1.165) is 8.95 Å². The van der Waals surface area contributed by atoms with Gasteiger partial charge in [-0.2, -0.15) is 5.10 Å². The topological polar surface area (TPSA) is 120 Å². The Balaban J connectivity index is 1.61. The van der Waals surface area contributed by atoms with Gasteiger partial charge < -0.3 is 9.47 Å². The number of hydrazone groups is 1. The lowest BCUT2D eigenvalue weighted by atomic mass is 10.2. The molecule has 34 heavy (non-hydrogen) atoms. The maximum absolute atomic E-state index is 12.4. The number of nitro benzene ring substituents is 1. The molecule has 0 saturated heterocycles. The summed E-state index contributed by atoms with van der Waals surface area (Å²) in [6.45, 7) is -0.377. The minimum absolute atomic E-state index is 0.112. The Morgan fingerprint density at radius 2 is 1.65 bits per heavy atom. The number of carbonyl (C=O) groups excluding carboxylic acids is 2. The van der Waals surface area contributed by atoms with E-state index in [2.05, 4.69) is 58.3 Å². The third-order valence-corrected chi connectivity index (χ3v) is 5.77. The van der Waals surface area contributed by atoms with Crippen molar-refractivity contribution in [2.75, 3.05) is 6.61 Å². The molecule has 1 N–H and O–H groups in total. The molecule has 12 heteroatoms. The molecule has 0 bridgehead atoms. The Morgan fingerprint density at radius 3 is 2.32 bits per heavy atom. The standard InChI is InChI=1S/C22H14Br3N3O6/c23-15-3-1-13(2-4-15)22(30)34-19-7-5-16(24)9-14(19)11-26-27-21(29)12-33-20-8-6-17(28(31)32)10-18(20)25/h1-11H,12H2,(H,27,29). The van der Waals surface area contributed by atoms with Crippen LogP contribution in [0.2, 0.25) is 0 Å². The number of nitrogens with one attached hydrogen (secondary N) is 1. The van der Waals surface area contributed by atoms with Crippen LogP contribution in [0.15, 0.2) is 79.2 Å². The summed E-state index contributed by atoms with van der Waals surface area (Å²) in [6, 6.07) is 15.6. The van der Waals surface area contributed by atoms with Crippen molar-refractivity contribution >= 4 is 71.6 Å². The first kappa shape index (κ1) is 25.5. The zero-order chi connectivity index (χ0) is 24.7. The molecular formula is C22H14Br3N3O6. The Bertz CT molecular complexity index is 1270. The fraction of sp³-hybridized carbons (Fsp3) is 0.0455. The lowest BCUT2D eigenvalue weighted by Crippen LogP contribution is -2.24. The Labute approximate surface area is 218 Å². The molecule has 3 aromatic rings. The molecule has 0 saturated carbocycles. The SMILES string of the molecule is O=C(COc1ccc([N+](=O)[O-])cc1Br)NN=Cc1cc(Br)ccc1OC(=O)c1ccc(Br)cc1. The molecule has 9 nitrogen and oxygen atoms in total. The van der Waals surface area contributed by atoms with Gasteiger partial charge in [0.25, 0.3) is 11.6 Å². The van der Waals surface area contributed by atoms with Crippen LogP contribution >= 0.6 is 47.8 Å². The molecule has 0 aromatic heterocycles. The maximum atomic E-state index is 12.4. The summed E-state index contributed by atoms with van der Waals surface area (Å²) in [5, 5.41) is 14.7. The van der Waals surface area contributed by atoms with E-state index < -0.39 is 16.8 Å². The number of esters is 1. The van der Waals surface area contributed by atoms with E-state index in [0.29, 0.717) is 15.6 Å². The zero-order valence-electron chi connectivity index (χ0n) is 17.0. The molecule has 3 rings (SSSR count). The van der Waals surface area contributed by atoms with Gasteiger partial charge in [-0.1, -0.05) is 31.9 Å². The highest BCUT2D eigenvalue weighted by atomic mass is 79.9. The van der Waals surface area contributed by atoms with E-state index in [1.54, 1.807) is 42.5 Å². The van der Waals surface area contributed by atoms with Crippen LogP contribution in [0.5, 0.6) is 11.5 Å². The van der Waals surface area contributed by atoms with Crippen LogP contribution < -0.4 is 14.9 Å². The van der Waals surface area contributed by atoms with Crippen molar-refractivity contribution < 1.29 is 24.0 Å². The highest BCUT2D eigenvalue weighted by Gasteiger charge is 2.13. The molecule has 0 unspecified atom stereocenters. The van der Waals surface area contributed by atoms with E-state index in [4.69, 9.17) is 9.47 Å². The van der Waals surface area contributed by atoms with Crippen LogP contribution in [0, 0.1) is 10.1 Å². The fourth-order valence-corrected chi connectivity index (χ4v) is 3.65. The number of carbonyl (C=O) groups is 2. The zero-order valence-corrected chi connectivity index (χ0v) is 21.8. The fourth-order valence-electron chi connectivity index (χ4n) is 2.53. The van der Waals surface area contributed by atoms with Crippen molar-refractivity contribution in [3.63, 3.8) is 0 Å². The maximum Gasteiger partial charge on any atom is 0.343 e. The van der Waals surface area contributed by atoms with E-state index >= 15 is 0 Å². The van der Waals surface area contributed by atoms with Crippen LogP contribution in [0.3, 0.4) is 0 Å². The van der Waals surface area contributed by atoms with Crippen molar-refractivity contribution in [3.05, 3.63) is 95.3 Å². The number of halogens is 3. The molecule has 174 valence electrons. The molecular weight excluding hydrogens is 642 g/mol. The van der Waals surface area contributed by atoms with E-state index in [1.165, 1.54) is 24.4 Å². The number of nitrogens with zero attached hydrogens (tertiary/aromatic N) is 2. The first-order valence-corrected chi connectivity index (χ1v) is 11.8. The average Bonchev–Trinajstić information content (AvgIpc) is 2.80. The van der Waals surface area contributed by atoms with Gasteiger partial charge in [0, 0.05) is 26.6 Å². The predicted molar refractivity (Wildman–Crippen MR) is 135 cm³/mol. The van der Waals surface area contributed by atoms with Gasteiger partial charge in [0.1, 0.15) is 11.5 Å². The lowest BCUT2D eigenvalue weighted by Gasteiger charge is -2.09. The second-order valence-corrected chi connectivity index (χ2v) is 9.22. The highest BCUT2D eigenvalue weighted by molar-refractivity contribution is 9.11. The summed E-state index contributed by atoms with van der Waals surface area (Å²) in [5.74, 6) is -0.598. The van der Waals surface area contributed by atoms with Crippen molar-refractivity contribution in [3.8, 4) is 11.5 Å². The van der Waals surface area contributed by atoms with Gasteiger partial charge in [0.2, 0.25) is 0 Å². The Kier molecular flexibility index (Phi) is 8.91. The summed E-state index contributed by atoms with van der Waals surface area (Å²) < 4.78 is 12.7. The molecule has 0 spiro atoms. The van der Waals surface area contributed by atoms with Crippen LogP contribution in [0.25, 0.3) is 0 Å². The van der Waals surface area contributed by atoms with Crippen LogP contribution in [0.4, 0.5) is 5.69 Å². The van der Waals surface area contributed by atoms with E-state index in [9.17, 15) is 19.7 Å². The Hall–Kier alpha value is -3.09. The van der Waals surface area contributed by atoms with Gasteiger partial charge in [-0.25, -0.2) is 10.2 Å². The highest BCUT2D eigenvalue weighted by Crippen LogP contribution is 2.29. The number of ether oxygens (including phenoxy) is 2. The first-order chi connectivity index (χ1) is 16.2. The lowest BCUT2D eigenvalue weighted by molar-refractivity contribution is -0.384. The summed E-state index contributed by atoms with van der Waals surface area (Å²) >= 11 is 9.82. The van der Waals surface area contributed by atoms with Gasteiger partial charge in [0.15, 0.2) is 6.61 Å². The molecule has 1 amide bonds. The number of nitro groups is 1. The van der Waals surface area contributed by atoms with Crippen molar-refractivity contribution in [2.24, 2.45) is 5.10 Å². The number of amides is 1. The predicted octanol–water partition coefficient (Wildman–Crippen LogP) is 5.63. The van der Waals surface area contributed by atoms with Crippen molar-refractivity contribution in [1.29, 1.82) is 0 Å². The molecule has 0 atom stereocenters. The summed E-state index contributed by atoms with van der Waals surface area (Å²) in [6.07, 6.45) is 1.33. The smallest absolute Gasteiger partial charge is 0.343 e. The molecule has 0 aliphatic heterocycles. The quantitative estimate of drug-likeness (QED) is 0.110. The normalized spacial score (nSPS) is 10.7. The molecule has 0 fully saturated rings. The van der Waals surface area contributed by atoms with Gasteiger partial charge >= 0.3 is 5.97 Å². The van der Waals surface area contributed by atoms with Gasteiger partial charge in [-0.15, -0.1) is 0 Å². The molecule has 0 aliphatic rings. The number of non-ortho nitro benzene ring substituents is 1. The summed E-state index contributed by atoms with van der Waals surface area (Å²) in [7, 11) is 0. The number of hydrogen-bond donors (Lipinski definition) is 1. The first-order valence-electron chi connectivity index (χ1n) is 9.39. The summed E-state index contributed by atoms with van der Waals surface area (Å²) in [5.41, 5.74) is 3.01. The molecule has 0 aliphatic carbocycles. The molecule has 3 aromatic carbocycles. The van der Waals surface area contributed by atoms with Gasteiger partial charge in [-0.3, -0.25) is 14.9 Å². The minimum Gasteiger partial charge on any atom is -0.483 e. The third kappa shape index (κ3) is 7.20. The van der Waals surface area contributed by atoms with Crippen LogP contribution in [-0.2, 0) is 4.79 Å². The van der Waals surface area contributed by atoms with E-state index in [-0.39, 0.29) is 23.8 Å². The van der Waals surface area contributed by atoms with Gasteiger partial charge in [0.05, 0.1) is 21.2 Å². The molecule has 0 radical (unpaired) electrons. The largest absolute Gasteiger partial charge is 0.483 e. The monoisotopic (exact) mass is 653 g/mol. The molecule has 0 heterocycles. The minimum atomic E-state index is -0.565. The van der Waals surface area contributed by atoms with Gasteiger partial charge in [-0.05, 0) is 64.5 Å². The summed E-state index contributed by atoms with van der Waals surface area (Å²) in [4.78, 5) is 34.7. The van der Waals surface area contributed by atoms with Crippen LogP contribution in [-0.4, -0.2) is 29.6 Å². The number of hydrogen-bond acceptors (Lipinski definition) is 7. The van der Waals surface area contributed by atoms with E-state index in [1.807, 2.05) is 0 Å².